The van der Waals surface area contributed by atoms with Gasteiger partial charge in [-0.05, 0) is 29.4 Å². The molecular formula is C13H19NO. The summed E-state index contributed by atoms with van der Waals surface area (Å²) in [5.41, 5.74) is 9.52. The predicted octanol–water partition coefficient (Wildman–Crippen LogP) is 2.89. The molecule has 2 nitrogen and oxygen atoms in total. The summed E-state index contributed by atoms with van der Waals surface area (Å²) < 4.78 is 5.67. The van der Waals surface area contributed by atoms with Crippen molar-refractivity contribution in [2.45, 2.75) is 39.0 Å². The van der Waals surface area contributed by atoms with E-state index in [1.54, 1.807) is 0 Å². The molecule has 0 radical (unpaired) electrons. The molecule has 1 aromatic rings. The van der Waals surface area contributed by atoms with E-state index in [1.165, 1.54) is 11.1 Å². The molecule has 2 rings (SSSR count). The van der Waals surface area contributed by atoms with Crippen LogP contribution in [0.15, 0.2) is 12.1 Å². The molecule has 0 saturated heterocycles. The number of hydrogen-bond donors (Lipinski definition) is 1. The van der Waals surface area contributed by atoms with Crippen LogP contribution in [0.2, 0.25) is 0 Å². The van der Waals surface area contributed by atoms with Crippen LogP contribution >= 0.6 is 0 Å². The smallest absolute Gasteiger partial charge is 0.145 e. The van der Waals surface area contributed by atoms with Gasteiger partial charge in [0.25, 0.3) is 0 Å². The maximum Gasteiger partial charge on any atom is 0.145 e. The lowest BCUT2D eigenvalue weighted by molar-refractivity contribution is 0.289. The van der Waals surface area contributed by atoms with Gasteiger partial charge in [-0.1, -0.05) is 32.9 Å². The topological polar surface area (TPSA) is 35.2 Å². The quantitative estimate of drug-likeness (QED) is 0.661. The lowest BCUT2D eigenvalue weighted by atomic mass is 9.84. The Morgan fingerprint density at radius 2 is 2.00 bits per heavy atom. The largest absolute Gasteiger partial charge is 0.491 e. The highest BCUT2D eigenvalue weighted by molar-refractivity contribution is 5.64. The number of benzene rings is 1. The maximum atomic E-state index is 6.17. The summed E-state index contributed by atoms with van der Waals surface area (Å²) >= 11 is 0. The molecule has 0 aliphatic carbocycles. The molecule has 0 unspecified atom stereocenters. The number of hydrogen-bond acceptors (Lipinski definition) is 2. The summed E-state index contributed by atoms with van der Waals surface area (Å²) in [6, 6.07) is 4.30. The Labute approximate surface area is 91.4 Å². The van der Waals surface area contributed by atoms with E-state index in [9.17, 15) is 0 Å². The van der Waals surface area contributed by atoms with Crippen molar-refractivity contribution in [2.24, 2.45) is 0 Å². The number of nitrogen functional groups attached to an aromatic ring is 1. The summed E-state index contributed by atoms with van der Waals surface area (Å²) in [7, 11) is 0. The van der Waals surface area contributed by atoms with Crippen molar-refractivity contribution >= 4 is 5.69 Å². The van der Waals surface area contributed by atoms with Crippen LogP contribution in [-0.4, -0.2) is 6.61 Å². The molecular weight excluding hydrogens is 186 g/mol. The molecule has 15 heavy (non-hydrogen) atoms. The fourth-order valence-corrected chi connectivity index (χ4v) is 2.10. The van der Waals surface area contributed by atoms with Crippen LogP contribution in [0.1, 0.15) is 38.3 Å². The minimum absolute atomic E-state index is 0.0833. The fourth-order valence-electron chi connectivity index (χ4n) is 2.10. The molecule has 1 aromatic carbocycles. The highest BCUT2D eigenvalue weighted by atomic mass is 16.5. The summed E-state index contributed by atoms with van der Waals surface area (Å²) in [5, 5.41) is 0. The third-order valence-electron chi connectivity index (χ3n) is 2.92. The fraction of sp³-hybridized carbons (Fsp3) is 0.538. The third-order valence-corrected chi connectivity index (χ3v) is 2.92. The lowest BCUT2D eigenvalue weighted by Crippen LogP contribution is -2.17. The van der Waals surface area contributed by atoms with Crippen molar-refractivity contribution in [2.75, 3.05) is 12.3 Å². The van der Waals surface area contributed by atoms with Gasteiger partial charge < -0.3 is 10.5 Å². The van der Waals surface area contributed by atoms with Crippen LogP contribution in [0, 0.1) is 0 Å². The van der Waals surface area contributed by atoms with Gasteiger partial charge in [-0.3, -0.25) is 0 Å². The van der Waals surface area contributed by atoms with Gasteiger partial charge in [0, 0.05) is 0 Å². The maximum absolute atomic E-state index is 6.17. The molecule has 0 atom stereocenters. The first-order valence-electron chi connectivity index (χ1n) is 5.55. The van der Waals surface area contributed by atoms with Crippen molar-refractivity contribution in [3.63, 3.8) is 0 Å². The zero-order chi connectivity index (χ0) is 11.1. The number of ether oxygens (including phenoxy) is 1. The highest BCUT2D eigenvalue weighted by Crippen LogP contribution is 2.38. The minimum atomic E-state index is 0.0833. The van der Waals surface area contributed by atoms with Crippen molar-refractivity contribution in [3.8, 4) is 5.75 Å². The van der Waals surface area contributed by atoms with Crippen LogP contribution < -0.4 is 10.5 Å². The van der Waals surface area contributed by atoms with Crippen LogP contribution in [0.5, 0.6) is 5.75 Å². The van der Waals surface area contributed by atoms with E-state index in [0.717, 1.165) is 30.9 Å². The normalized spacial score (nSPS) is 15.7. The van der Waals surface area contributed by atoms with Crippen molar-refractivity contribution in [3.05, 3.63) is 23.3 Å². The van der Waals surface area contributed by atoms with Gasteiger partial charge in [0.1, 0.15) is 5.75 Å². The van der Waals surface area contributed by atoms with Crippen molar-refractivity contribution in [1.29, 1.82) is 0 Å². The molecule has 0 bridgehead atoms. The molecule has 82 valence electrons. The molecule has 0 amide bonds. The SMILES string of the molecule is CC(C)(C)c1ccc2c(c1N)OCCC2. The molecule has 2 N–H and O–H groups in total. The van der Waals surface area contributed by atoms with Gasteiger partial charge in [0.2, 0.25) is 0 Å². The Bertz CT molecular complexity index is 377. The number of fused-ring (bicyclic) bond motifs is 1. The zero-order valence-electron chi connectivity index (χ0n) is 9.76. The van der Waals surface area contributed by atoms with Crippen LogP contribution in [0.3, 0.4) is 0 Å². The van der Waals surface area contributed by atoms with E-state index < -0.39 is 0 Å². The van der Waals surface area contributed by atoms with E-state index >= 15 is 0 Å². The van der Waals surface area contributed by atoms with Gasteiger partial charge in [0.15, 0.2) is 0 Å². The summed E-state index contributed by atoms with van der Waals surface area (Å²) in [4.78, 5) is 0. The monoisotopic (exact) mass is 205 g/mol. The first-order valence-corrected chi connectivity index (χ1v) is 5.55. The number of nitrogens with two attached hydrogens (primary N) is 1. The van der Waals surface area contributed by atoms with E-state index in [1.807, 2.05) is 0 Å². The van der Waals surface area contributed by atoms with Crippen LogP contribution in [0.25, 0.3) is 0 Å². The summed E-state index contributed by atoms with van der Waals surface area (Å²) in [6.45, 7) is 7.32. The number of aryl methyl sites for hydroxylation is 1. The molecule has 1 heterocycles. The van der Waals surface area contributed by atoms with Crippen LogP contribution in [-0.2, 0) is 11.8 Å². The number of rotatable bonds is 0. The first-order chi connectivity index (χ1) is 7.00. The van der Waals surface area contributed by atoms with Crippen molar-refractivity contribution in [1.82, 2.24) is 0 Å². The van der Waals surface area contributed by atoms with E-state index in [2.05, 4.69) is 32.9 Å². The molecule has 0 saturated carbocycles. The van der Waals surface area contributed by atoms with Gasteiger partial charge in [0.05, 0.1) is 12.3 Å². The summed E-state index contributed by atoms with van der Waals surface area (Å²) in [5.74, 6) is 0.925. The first kappa shape index (κ1) is 10.3. The standard InChI is InChI=1S/C13H19NO/c1-13(2,3)10-7-6-9-5-4-8-15-12(9)11(10)14/h6-7H,4-5,8,14H2,1-3H3. The molecule has 0 aromatic heterocycles. The Hall–Kier alpha value is -1.18. The molecule has 0 fully saturated rings. The highest BCUT2D eigenvalue weighted by Gasteiger charge is 2.22. The minimum Gasteiger partial charge on any atom is -0.491 e. The van der Waals surface area contributed by atoms with Gasteiger partial charge in [-0.25, -0.2) is 0 Å². The second kappa shape index (κ2) is 3.44. The molecule has 1 aliphatic rings. The Kier molecular flexibility index (Phi) is 2.37. The van der Waals surface area contributed by atoms with Crippen molar-refractivity contribution < 1.29 is 4.74 Å². The molecule has 2 heteroatoms. The van der Waals surface area contributed by atoms with Gasteiger partial charge in [-0.2, -0.15) is 0 Å². The Morgan fingerprint density at radius 1 is 1.27 bits per heavy atom. The predicted molar refractivity (Wildman–Crippen MR) is 63.4 cm³/mol. The van der Waals surface area contributed by atoms with E-state index in [0.29, 0.717) is 0 Å². The molecule has 0 spiro atoms. The average Bonchev–Trinajstić information content (AvgIpc) is 2.16. The van der Waals surface area contributed by atoms with Gasteiger partial charge >= 0.3 is 0 Å². The second-order valence-corrected chi connectivity index (χ2v) is 5.22. The van der Waals surface area contributed by atoms with Crippen LogP contribution in [0.4, 0.5) is 5.69 Å². The second-order valence-electron chi connectivity index (χ2n) is 5.22. The Morgan fingerprint density at radius 3 is 2.67 bits per heavy atom. The Balaban J connectivity index is 2.53. The molecule has 1 aliphatic heterocycles. The lowest BCUT2D eigenvalue weighted by Gasteiger charge is -2.26. The van der Waals surface area contributed by atoms with Gasteiger partial charge in [-0.15, -0.1) is 0 Å². The van der Waals surface area contributed by atoms with E-state index in [4.69, 9.17) is 10.5 Å². The third kappa shape index (κ3) is 1.81. The number of anilines is 1. The summed E-state index contributed by atoms with van der Waals surface area (Å²) in [6.07, 6.45) is 2.19. The van der Waals surface area contributed by atoms with E-state index in [-0.39, 0.29) is 5.41 Å². The zero-order valence-corrected chi connectivity index (χ0v) is 9.76. The average molecular weight is 205 g/mol.